The Labute approximate surface area is 174 Å². The second-order valence-electron chi connectivity index (χ2n) is 7.36. The van der Waals surface area contributed by atoms with Crippen molar-refractivity contribution in [3.05, 3.63) is 48.0 Å². The van der Waals surface area contributed by atoms with Gasteiger partial charge in [0.1, 0.15) is 12.3 Å². The lowest BCUT2D eigenvalue weighted by atomic mass is 10.0. The van der Waals surface area contributed by atoms with Gasteiger partial charge in [0.25, 0.3) is 10.1 Å². The monoisotopic (exact) mass is 452 g/mol. The first-order valence-electron chi connectivity index (χ1n) is 9.27. The molecule has 0 aliphatic heterocycles. The maximum atomic E-state index is 12.1. The summed E-state index contributed by atoms with van der Waals surface area (Å²) in [5, 5.41) is 10.9. The number of carboxylic acid groups (broad SMARTS) is 1. The van der Waals surface area contributed by atoms with Gasteiger partial charge >= 0.3 is 5.97 Å². The van der Waals surface area contributed by atoms with Gasteiger partial charge in [-0.05, 0) is 24.6 Å². The third kappa shape index (κ3) is 5.16. The van der Waals surface area contributed by atoms with Crippen molar-refractivity contribution in [3.63, 3.8) is 0 Å². The van der Waals surface area contributed by atoms with Crippen LogP contribution in [0.5, 0.6) is 5.75 Å². The largest absolute Gasteiger partial charge is 0.478 e. The summed E-state index contributed by atoms with van der Waals surface area (Å²) in [4.78, 5) is 12.1. The molecule has 0 unspecified atom stereocenters. The van der Waals surface area contributed by atoms with Crippen molar-refractivity contribution in [3.8, 4) is 5.75 Å². The molecule has 2 N–H and O–H groups in total. The van der Waals surface area contributed by atoms with Crippen LogP contribution >= 0.6 is 7.37 Å². The SMILES string of the molecule is CP(C)(=O)Oc1ccc2c(c1)c(C(=O)O)c1ccccc1[n+]2CCCCS(=O)(=O)O. The summed E-state index contributed by atoms with van der Waals surface area (Å²) in [5.74, 6) is -1.12. The van der Waals surface area contributed by atoms with E-state index in [4.69, 9.17) is 9.08 Å². The number of fused-ring (bicyclic) bond motifs is 2. The van der Waals surface area contributed by atoms with Gasteiger partial charge in [0, 0.05) is 31.9 Å². The van der Waals surface area contributed by atoms with Crippen LogP contribution in [-0.4, -0.2) is 43.1 Å². The summed E-state index contributed by atoms with van der Waals surface area (Å²) in [7, 11) is -6.87. The third-order valence-electron chi connectivity index (χ3n) is 4.57. The smallest absolute Gasteiger partial charge is 0.337 e. The number of nitrogens with zero attached hydrogens (tertiary/aromatic N) is 1. The maximum Gasteiger partial charge on any atom is 0.337 e. The molecule has 0 aliphatic carbocycles. The highest BCUT2D eigenvalue weighted by molar-refractivity contribution is 7.85. The van der Waals surface area contributed by atoms with Crippen molar-refractivity contribution in [1.82, 2.24) is 0 Å². The van der Waals surface area contributed by atoms with Gasteiger partial charge < -0.3 is 9.63 Å². The minimum absolute atomic E-state index is 0.113. The van der Waals surface area contributed by atoms with Crippen molar-refractivity contribution in [2.24, 2.45) is 0 Å². The van der Waals surface area contributed by atoms with Crippen LogP contribution in [0.15, 0.2) is 42.5 Å². The molecule has 0 bridgehead atoms. The minimum atomic E-state index is -4.03. The summed E-state index contributed by atoms with van der Waals surface area (Å²) in [6.45, 7) is 3.38. The van der Waals surface area contributed by atoms with Crippen LogP contribution in [0.25, 0.3) is 21.8 Å². The van der Waals surface area contributed by atoms with Gasteiger partial charge in [-0.3, -0.25) is 9.12 Å². The molecule has 160 valence electrons. The zero-order valence-electron chi connectivity index (χ0n) is 16.6. The van der Waals surface area contributed by atoms with Crippen molar-refractivity contribution in [2.75, 3.05) is 19.1 Å². The fourth-order valence-electron chi connectivity index (χ4n) is 3.48. The third-order valence-corrected chi connectivity index (χ3v) is 6.02. The predicted molar refractivity (Wildman–Crippen MR) is 114 cm³/mol. The molecule has 3 aromatic rings. The lowest BCUT2D eigenvalue weighted by Crippen LogP contribution is -2.36. The topological polar surface area (TPSA) is 122 Å². The molecule has 0 saturated heterocycles. The lowest BCUT2D eigenvalue weighted by molar-refractivity contribution is -0.645. The standard InChI is InChI=1S/C20H22NO7PS/c1-29(2,24)28-14-9-10-18-16(13-14)19(20(22)23)15-7-3-4-8-17(15)21(18)11-5-6-12-30(25,26)27/h3-4,7-10,13H,5-6,11-12H2,1-2H3,(H-,22,23,25,26,27)/p+1. The van der Waals surface area contributed by atoms with Crippen molar-refractivity contribution >= 4 is 45.3 Å². The number of benzene rings is 2. The number of aromatic carboxylic acids is 1. The molecule has 0 atom stereocenters. The van der Waals surface area contributed by atoms with Crippen molar-refractivity contribution in [2.45, 2.75) is 19.4 Å². The van der Waals surface area contributed by atoms with E-state index in [1.54, 1.807) is 42.5 Å². The van der Waals surface area contributed by atoms with E-state index in [2.05, 4.69) is 0 Å². The van der Waals surface area contributed by atoms with E-state index < -0.39 is 23.5 Å². The number of para-hydroxylation sites is 1. The molecular weight excluding hydrogens is 429 g/mol. The Morgan fingerprint density at radius 1 is 1.07 bits per heavy atom. The predicted octanol–water partition coefficient (Wildman–Crippen LogP) is 3.56. The number of carboxylic acids is 1. The first-order valence-corrected chi connectivity index (χ1v) is 13.4. The number of hydrogen-bond acceptors (Lipinski definition) is 5. The number of unbranched alkanes of at least 4 members (excludes halogenated alkanes) is 1. The molecule has 10 heteroatoms. The van der Waals surface area contributed by atoms with Gasteiger partial charge in [-0.25, -0.2) is 4.79 Å². The van der Waals surface area contributed by atoms with Crippen LogP contribution in [0.4, 0.5) is 0 Å². The van der Waals surface area contributed by atoms with Gasteiger partial charge in [-0.2, -0.15) is 13.0 Å². The number of pyridine rings is 1. The summed E-state index contributed by atoms with van der Waals surface area (Å²) < 4.78 is 50.4. The number of rotatable bonds is 8. The van der Waals surface area contributed by atoms with Gasteiger partial charge in [0.2, 0.25) is 18.4 Å². The zero-order chi connectivity index (χ0) is 22.1. The van der Waals surface area contributed by atoms with Crippen LogP contribution in [0.1, 0.15) is 23.2 Å². The maximum absolute atomic E-state index is 12.1. The van der Waals surface area contributed by atoms with Gasteiger partial charge in [0.15, 0.2) is 0 Å². The van der Waals surface area contributed by atoms with Crippen LogP contribution in [0.3, 0.4) is 0 Å². The summed E-state index contributed by atoms with van der Waals surface area (Å²) in [6, 6.07) is 12.0. The molecule has 30 heavy (non-hydrogen) atoms. The van der Waals surface area contributed by atoms with Crippen LogP contribution in [0.2, 0.25) is 0 Å². The number of carbonyl (C=O) groups is 1. The van der Waals surface area contributed by atoms with E-state index in [-0.39, 0.29) is 17.7 Å². The van der Waals surface area contributed by atoms with E-state index in [0.717, 1.165) is 0 Å². The van der Waals surface area contributed by atoms with Crippen LogP contribution in [-0.2, 0) is 21.2 Å². The molecule has 3 rings (SSSR count). The highest BCUT2D eigenvalue weighted by atomic mass is 32.2. The molecule has 0 radical (unpaired) electrons. The highest BCUT2D eigenvalue weighted by Gasteiger charge is 2.25. The number of aromatic nitrogens is 1. The Morgan fingerprint density at radius 2 is 1.73 bits per heavy atom. The summed E-state index contributed by atoms with van der Waals surface area (Å²) >= 11 is 0. The summed E-state index contributed by atoms with van der Waals surface area (Å²) in [6.07, 6.45) is 0.728. The first-order chi connectivity index (χ1) is 14.0. The number of hydrogen-bond donors (Lipinski definition) is 2. The molecule has 0 saturated carbocycles. The zero-order valence-corrected chi connectivity index (χ0v) is 18.3. The fourth-order valence-corrected chi connectivity index (χ4v) is 4.67. The van der Waals surface area contributed by atoms with E-state index in [9.17, 15) is 22.9 Å². The van der Waals surface area contributed by atoms with Crippen molar-refractivity contribution in [1.29, 1.82) is 0 Å². The molecule has 1 heterocycles. The number of aryl methyl sites for hydroxylation is 1. The molecule has 8 nitrogen and oxygen atoms in total. The van der Waals surface area contributed by atoms with Crippen molar-refractivity contribution < 1.29 is 36.5 Å². The Morgan fingerprint density at radius 3 is 2.37 bits per heavy atom. The first kappa shape index (κ1) is 22.2. The molecular formula is C20H23NO7PS+. The quantitative estimate of drug-likeness (QED) is 0.176. The van der Waals surface area contributed by atoms with Gasteiger partial charge in [0.05, 0.1) is 22.1 Å². The lowest BCUT2D eigenvalue weighted by Gasteiger charge is -2.13. The average molecular weight is 452 g/mol. The van der Waals surface area contributed by atoms with E-state index in [0.29, 0.717) is 40.5 Å². The Balaban J connectivity index is 2.19. The second kappa shape index (κ2) is 8.34. The van der Waals surface area contributed by atoms with Crippen LogP contribution in [0, 0.1) is 0 Å². The molecule has 2 aromatic carbocycles. The second-order valence-corrected chi connectivity index (χ2v) is 11.6. The van der Waals surface area contributed by atoms with Crippen LogP contribution < -0.4 is 9.09 Å². The Hall–Kier alpha value is -2.48. The molecule has 0 amide bonds. The average Bonchev–Trinajstić information content (AvgIpc) is 2.61. The molecule has 1 aromatic heterocycles. The fraction of sp³-hybridized carbons (Fsp3) is 0.300. The normalized spacial score (nSPS) is 12.4. The molecule has 0 fully saturated rings. The Kier molecular flexibility index (Phi) is 6.17. The molecule has 0 aliphatic rings. The van der Waals surface area contributed by atoms with E-state index in [1.807, 2.05) is 4.57 Å². The van der Waals surface area contributed by atoms with E-state index in [1.165, 1.54) is 13.3 Å². The van der Waals surface area contributed by atoms with E-state index >= 15 is 0 Å². The highest BCUT2D eigenvalue weighted by Crippen LogP contribution is 2.40. The molecule has 0 spiro atoms. The van der Waals surface area contributed by atoms with Gasteiger partial charge in [-0.15, -0.1) is 0 Å². The summed E-state index contributed by atoms with van der Waals surface area (Å²) in [5.41, 5.74) is 1.44. The van der Waals surface area contributed by atoms with Gasteiger partial charge in [-0.1, -0.05) is 12.1 Å². The Bertz CT molecular complexity index is 1280. The minimum Gasteiger partial charge on any atom is -0.478 e.